The van der Waals surface area contributed by atoms with Crippen molar-refractivity contribution >= 4 is 22.6 Å². The Morgan fingerprint density at radius 1 is 1.19 bits per heavy atom. The third-order valence-corrected chi connectivity index (χ3v) is 5.35. The third-order valence-electron chi connectivity index (χ3n) is 5.35. The molecule has 4 aromatic rings. The van der Waals surface area contributed by atoms with E-state index < -0.39 is 5.91 Å². The first-order valence-electron chi connectivity index (χ1n) is 9.83. The van der Waals surface area contributed by atoms with Crippen molar-refractivity contribution in [3.05, 3.63) is 76.9 Å². The molecule has 5 rings (SSSR count). The molecule has 3 heterocycles. The molecule has 1 aliphatic heterocycles. The summed E-state index contributed by atoms with van der Waals surface area (Å²) in [5, 5.41) is 8.39. The standard InChI is InChI=1S/C22H20FN7O/c1-29-11-17-18(12-29)27-22(28-21(17)25-9-13-4-2-5-14(23)8-13)30-19-7-3-6-15(20(24)31)16(19)10-26-30/h2-8,10H,9,11-12H2,1H3,(H2,24,31)(H,25,27,28). The van der Waals surface area contributed by atoms with Crippen molar-refractivity contribution in [1.82, 2.24) is 24.6 Å². The van der Waals surface area contributed by atoms with E-state index in [1.807, 2.05) is 19.2 Å². The average molecular weight is 417 g/mol. The van der Waals surface area contributed by atoms with Gasteiger partial charge in [0.25, 0.3) is 5.95 Å². The predicted molar refractivity (Wildman–Crippen MR) is 114 cm³/mol. The minimum Gasteiger partial charge on any atom is -0.366 e. The number of anilines is 1. The molecule has 0 fully saturated rings. The first kappa shape index (κ1) is 19.1. The van der Waals surface area contributed by atoms with Crippen LogP contribution in [0.4, 0.5) is 10.2 Å². The SMILES string of the molecule is CN1Cc2nc(-n3ncc4c(C(N)=O)cccc43)nc(NCc3cccc(F)c3)c2C1. The van der Waals surface area contributed by atoms with Crippen LogP contribution in [0.25, 0.3) is 16.9 Å². The molecule has 2 aromatic heterocycles. The molecule has 0 saturated heterocycles. The number of fused-ring (bicyclic) bond motifs is 2. The van der Waals surface area contributed by atoms with Crippen LogP contribution in [0.1, 0.15) is 27.2 Å². The molecule has 0 bridgehead atoms. The highest BCUT2D eigenvalue weighted by Crippen LogP contribution is 2.28. The second-order valence-electron chi connectivity index (χ2n) is 7.61. The van der Waals surface area contributed by atoms with Crippen molar-refractivity contribution in [3.8, 4) is 5.95 Å². The van der Waals surface area contributed by atoms with Gasteiger partial charge in [0.1, 0.15) is 11.6 Å². The Labute approximate surface area is 177 Å². The molecule has 2 aromatic carbocycles. The lowest BCUT2D eigenvalue weighted by Gasteiger charge is -2.12. The minimum atomic E-state index is -0.515. The number of aromatic nitrogens is 4. The highest BCUT2D eigenvalue weighted by molar-refractivity contribution is 6.05. The molecule has 0 saturated carbocycles. The Kier molecular flexibility index (Phi) is 4.59. The maximum absolute atomic E-state index is 13.5. The smallest absolute Gasteiger partial charge is 0.253 e. The summed E-state index contributed by atoms with van der Waals surface area (Å²) in [5.41, 5.74) is 9.32. The fraction of sp³-hybridized carbons (Fsp3) is 0.182. The van der Waals surface area contributed by atoms with E-state index in [1.54, 1.807) is 29.1 Å². The van der Waals surface area contributed by atoms with Gasteiger partial charge in [-0.1, -0.05) is 18.2 Å². The Morgan fingerprint density at radius 3 is 2.84 bits per heavy atom. The van der Waals surface area contributed by atoms with Crippen LogP contribution in [0.5, 0.6) is 0 Å². The summed E-state index contributed by atoms with van der Waals surface area (Å²) >= 11 is 0. The van der Waals surface area contributed by atoms with Crippen LogP contribution in [0.3, 0.4) is 0 Å². The molecule has 0 spiro atoms. The van der Waals surface area contributed by atoms with Gasteiger partial charge in [0, 0.05) is 30.6 Å². The van der Waals surface area contributed by atoms with Crippen LogP contribution >= 0.6 is 0 Å². The summed E-state index contributed by atoms with van der Waals surface area (Å²) in [6.07, 6.45) is 1.60. The largest absolute Gasteiger partial charge is 0.366 e. The fourth-order valence-corrected chi connectivity index (χ4v) is 3.89. The second kappa shape index (κ2) is 7.44. The maximum atomic E-state index is 13.5. The number of hydrogen-bond acceptors (Lipinski definition) is 6. The minimum absolute atomic E-state index is 0.277. The Morgan fingerprint density at radius 2 is 2.03 bits per heavy atom. The van der Waals surface area contributed by atoms with Crippen molar-refractivity contribution in [3.63, 3.8) is 0 Å². The molecule has 8 nitrogen and oxygen atoms in total. The van der Waals surface area contributed by atoms with Crippen molar-refractivity contribution in [2.75, 3.05) is 12.4 Å². The van der Waals surface area contributed by atoms with Crippen LogP contribution in [0.2, 0.25) is 0 Å². The van der Waals surface area contributed by atoms with Gasteiger partial charge in [-0.15, -0.1) is 0 Å². The van der Waals surface area contributed by atoms with Gasteiger partial charge in [-0.3, -0.25) is 9.69 Å². The van der Waals surface area contributed by atoms with E-state index in [2.05, 4.69) is 15.3 Å². The predicted octanol–water partition coefficient (Wildman–Crippen LogP) is 2.61. The van der Waals surface area contributed by atoms with Crippen LogP contribution in [0.15, 0.2) is 48.7 Å². The Balaban J connectivity index is 1.57. The number of halogens is 1. The van der Waals surface area contributed by atoms with Gasteiger partial charge in [-0.2, -0.15) is 14.8 Å². The van der Waals surface area contributed by atoms with Gasteiger partial charge in [0.15, 0.2) is 0 Å². The van der Waals surface area contributed by atoms with E-state index in [-0.39, 0.29) is 5.82 Å². The highest BCUT2D eigenvalue weighted by atomic mass is 19.1. The van der Waals surface area contributed by atoms with E-state index in [9.17, 15) is 9.18 Å². The number of nitrogens with one attached hydrogen (secondary N) is 1. The number of benzene rings is 2. The molecule has 3 N–H and O–H groups in total. The van der Waals surface area contributed by atoms with Crippen molar-refractivity contribution in [2.45, 2.75) is 19.6 Å². The Hall–Kier alpha value is -3.85. The molecular formula is C22H20FN7O. The zero-order chi connectivity index (χ0) is 21.5. The van der Waals surface area contributed by atoms with E-state index in [0.29, 0.717) is 47.9 Å². The zero-order valence-electron chi connectivity index (χ0n) is 16.8. The van der Waals surface area contributed by atoms with Crippen molar-refractivity contribution < 1.29 is 9.18 Å². The van der Waals surface area contributed by atoms with Gasteiger partial charge < -0.3 is 11.1 Å². The number of primary amides is 1. The molecular weight excluding hydrogens is 397 g/mol. The topological polar surface area (TPSA) is 102 Å². The molecule has 0 atom stereocenters. The number of nitrogens with two attached hydrogens (primary N) is 1. The lowest BCUT2D eigenvalue weighted by atomic mass is 10.1. The van der Waals surface area contributed by atoms with Crippen molar-refractivity contribution in [1.29, 1.82) is 0 Å². The maximum Gasteiger partial charge on any atom is 0.253 e. The zero-order valence-corrected chi connectivity index (χ0v) is 16.8. The highest BCUT2D eigenvalue weighted by Gasteiger charge is 2.24. The number of hydrogen-bond donors (Lipinski definition) is 2. The second-order valence-corrected chi connectivity index (χ2v) is 7.61. The lowest BCUT2D eigenvalue weighted by molar-refractivity contribution is 0.100. The molecule has 1 aliphatic rings. The molecule has 0 aliphatic carbocycles. The lowest BCUT2D eigenvalue weighted by Crippen LogP contribution is -2.12. The van der Waals surface area contributed by atoms with Gasteiger partial charge in [0.05, 0.1) is 23.0 Å². The van der Waals surface area contributed by atoms with Crippen molar-refractivity contribution in [2.24, 2.45) is 5.73 Å². The molecule has 31 heavy (non-hydrogen) atoms. The van der Waals surface area contributed by atoms with Gasteiger partial charge in [0.2, 0.25) is 5.91 Å². The third kappa shape index (κ3) is 3.49. The van der Waals surface area contributed by atoms with E-state index in [4.69, 9.17) is 15.7 Å². The number of nitrogens with zero attached hydrogens (tertiary/aromatic N) is 5. The fourth-order valence-electron chi connectivity index (χ4n) is 3.89. The van der Waals surface area contributed by atoms with Crippen LogP contribution in [0, 0.1) is 5.82 Å². The molecule has 9 heteroatoms. The van der Waals surface area contributed by atoms with E-state index >= 15 is 0 Å². The number of carbonyl (C=O) groups is 1. The average Bonchev–Trinajstić information content (AvgIpc) is 3.34. The van der Waals surface area contributed by atoms with Crippen LogP contribution in [-0.2, 0) is 19.6 Å². The summed E-state index contributed by atoms with van der Waals surface area (Å²) in [5.74, 6) is 0.288. The Bertz CT molecular complexity index is 1320. The monoisotopic (exact) mass is 417 g/mol. The van der Waals surface area contributed by atoms with Gasteiger partial charge >= 0.3 is 0 Å². The number of rotatable bonds is 5. The molecule has 1 amide bonds. The number of amides is 1. The van der Waals surface area contributed by atoms with Crippen LogP contribution in [-0.4, -0.2) is 37.6 Å². The van der Waals surface area contributed by atoms with Gasteiger partial charge in [-0.05, 0) is 36.9 Å². The molecule has 0 radical (unpaired) electrons. The quantitative estimate of drug-likeness (QED) is 0.518. The van der Waals surface area contributed by atoms with E-state index in [0.717, 1.165) is 16.8 Å². The molecule has 0 unspecified atom stereocenters. The summed E-state index contributed by atoms with van der Waals surface area (Å²) in [7, 11) is 2.01. The summed E-state index contributed by atoms with van der Waals surface area (Å²) in [4.78, 5) is 23.4. The molecule has 156 valence electrons. The van der Waals surface area contributed by atoms with Crippen LogP contribution < -0.4 is 11.1 Å². The summed E-state index contributed by atoms with van der Waals surface area (Å²) in [6.45, 7) is 1.83. The van der Waals surface area contributed by atoms with Gasteiger partial charge in [-0.25, -0.2) is 9.37 Å². The first-order chi connectivity index (χ1) is 15.0. The normalized spacial score (nSPS) is 13.5. The first-order valence-corrected chi connectivity index (χ1v) is 9.83. The summed E-state index contributed by atoms with van der Waals surface area (Å²) in [6, 6.07) is 11.7. The summed E-state index contributed by atoms with van der Waals surface area (Å²) < 4.78 is 15.2. The van der Waals surface area contributed by atoms with E-state index in [1.165, 1.54) is 12.1 Å². The number of carbonyl (C=O) groups excluding carboxylic acids is 1.